The van der Waals surface area contributed by atoms with E-state index in [1.807, 2.05) is 0 Å². The lowest BCUT2D eigenvalue weighted by atomic mass is 10.3. The van der Waals surface area contributed by atoms with Crippen LogP contribution in [0, 0.1) is 0 Å². The van der Waals surface area contributed by atoms with E-state index in [2.05, 4.69) is 10.3 Å². The Labute approximate surface area is 82.1 Å². The number of halogens is 1. The molecular weight excluding hydrogens is 190 g/mol. The van der Waals surface area contributed by atoms with Crippen LogP contribution in [0.2, 0.25) is 5.15 Å². The third kappa shape index (κ3) is 2.75. The number of nitrogens with one attached hydrogen (secondary N) is 1. The van der Waals surface area contributed by atoms with Crippen LogP contribution in [0.3, 0.4) is 0 Å². The number of nitrogens with zero attached hydrogens (tertiary/aromatic N) is 1. The fourth-order valence-corrected chi connectivity index (χ4v) is 1.05. The van der Waals surface area contributed by atoms with Crippen molar-refractivity contribution in [3.05, 3.63) is 17.4 Å². The standard InChI is InChI=1S/C8H12ClN3O/c1-13-5-4-11-6-2-3-12-8(9)7(6)10/h2-3H,4-5,10H2,1H3,(H,11,12). The Morgan fingerprint density at radius 1 is 1.69 bits per heavy atom. The maximum Gasteiger partial charge on any atom is 0.153 e. The van der Waals surface area contributed by atoms with Crippen molar-refractivity contribution in [2.75, 3.05) is 31.3 Å². The first-order chi connectivity index (χ1) is 6.25. The van der Waals surface area contributed by atoms with E-state index in [0.717, 1.165) is 5.69 Å². The number of nitrogens with two attached hydrogens (primary N) is 1. The van der Waals surface area contributed by atoms with Crippen LogP contribution in [-0.4, -0.2) is 25.2 Å². The van der Waals surface area contributed by atoms with E-state index in [0.29, 0.717) is 24.0 Å². The molecule has 13 heavy (non-hydrogen) atoms. The molecule has 1 aromatic heterocycles. The summed E-state index contributed by atoms with van der Waals surface area (Å²) < 4.78 is 4.88. The first-order valence-corrected chi connectivity index (χ1v) is 4.26. The molecule has 0 aliphatic heterocycles. The van der Waals surface area contributed by atoms with Gasteiger partial charge in [0.15, 0.2) is 5.15 Å². The predicted molar refractivity (Wildman–Crippen MR) is 54.0 cm³/mol. The van der Waals surface area contributed by atoms with Gasteiger partial charge in [-0.15, -0.1) is 0 Å². The summed E-state index contributed by atoms with van der Waals surface area (Å²) in [4.78, 5) is 3.84. The molecule has 72 valence electrons. The minimum Gasteiger partial charge on any atom is -0.395 e. The largest absolute Gasteiger partial charge is 0.395 e. The summed E-state index contributed by atoms with van der Waals surface area (Å²) in [6.07, 6.45) is 1.60. The summed E-state index contributed by atoms with van der Waals surface area (Å²) in [6.45, 7) is 1.32. The van der Waals surface area contributed by atoms with E-state index in [4.69, 9.17) is 22.1 Å². The highest BCUT2D eigenvalue weighted by atomic mass is 35.5. The topological polar surface area (TPSA) is 60.2 Å². The molecule has 0 spiro atoms. The maximum atomic E-state index is 5.72. The van der Waals surface area contributed by atoms with Crippen molar-refractivity contribution in [3.8, 4) is 0 Å². The Balaban J connectivity index is 2.61. The summed E-state index contributed by atoms with van der Waals surface area (Å²) in [5, 5.41) is 3.40. The first kappa shape index (κ1) is 10.1. The van der Waals surface area contributed by atoms with Crippen LogP contribution < -0.4 is 11.1 Å². The molecule has 3 N–H and O–H groups in total. The Bertz CT molecular complexity index is 280. The number of nitrogen functional groups attached to an aromatic ring is 1. The minimum atomic E-state index is 0.322. The second kappa shape index (κ2) is 4.89. The molecule has 0 saturated carbocycles. The molecule has 0 aromatic carbocycles. The molecular formula is C8H12ClN3O. The lowest BCUT2D eigenvalue weighted by molar-refractivity contribution is 0.211. The lowest BCUT2D eigenvalue weighted by Crippen LogP contribution is -2.09. The van der Waals surface area contributed by atoms with Crippen molar-refractivity contribution >= 4 is 23.0 Å². The second-order valence-electron chi connectivity index (χ2n) is 2.48. The molecule has 0 bridgehead atoms. The highest BCUT2D eigenvalue weighted by molar-refractivity contribution is 6.32. The zero-order valence-electron chi connectivity index (χ0n) is 7.38. The average Bonchev–Trinajstić information content (AvgIpc) is 2.13. The third-order valence-electron chi connectivity index (χ3n) is 1.56. The fourth-order valence-electron chi connectivity index (χ4n) is 0.890. The highest BCUT2D eigenvalue weighted by Gasteiger charge is 2.02. The molecule has 0 unspecified atom stereocenters. The van der Waals surface area contributed by atoms with Crippen LogP contribution in [0.4, 0.5) is 11.4 Å². The van der Waals surface area contributed by atoms with Gasteiger partial charge in [0.25, 0.3) is 0 Å². The molecule has 0 aliphatic carbocycles. The number of ether oxygens (including phenoxy) is 1. The van der Waals surface area contributed by atoms with E-state index in [1.54, 1.807) is 19.4 Å². The highest BCUT2D eigenvalue weighted by Crippen LogP contribution is 2.23. The van der Waals surface area contributed by atoms with Crippen LogP contribution in [0.15, 0.2) is 12.3 Å². The van der Waals surface area contributed by atoms with E-state index < -0.39 is 0 Å². The van der Waals surface area contributed by atoms with E-state index >= 15 is 0 Å². The maximum absolute atomic E-state index is 5.72. The van der Waals surface area contributed by atoms with Crippen molar-refractivity contribution in [2.45, 2.75) is 0 Å². The average molecular weight is 202 g/mol. The van der Waals surface area contributed by atoms with Crippen molar-refractivity contribution in [1.82, 2.24) is 4.98 Å². The molecule has 1 rings (SSSR count). The SMILES string of the molecule is COCCNc1ccnc(Cl)c1N. The molecule has 0 aliphatic rings. The van der Waals surface area contributed by atoms with Gasteiger partial charge in [0.05, 0.1) is 18.0 Å². The summed E-state index contributed by atoms with van der Waals surface area (Å²) >= 11 is 5.72. The molecule has 0 saturated heterocycles. The van der Waals surface area contributed by atoms with Gasteiger partial charge in [-0.3, -0.25) is 0 Å². The van der Waals surface area contributed by atoms with Crippen molar-refractivity contribution in [3.63, 3.8) is 0 Å². The lowest BCUT2D eigenvalue weighted by Gasteiger charge is -2.08. The molecule has 4 nitrogen and oxygen atoms in total. The minimum absolute atomic E-state index is 0.322. The van der Waals surface area contributed by atoms with Crippen molar-refractivity contribution in [2.24, 2.45) is 0 Å². The van der Waals surface area contributed by atoms with Crippen LogP contribution in [0.25, 0.3) is 0 Å². The van der Waals surface area contributed by atoms with Gasteiger partial charge in [0, 0.05) is 19.9 Å². The molecule has 0 amide bonds. The van der Waals surface area contributed by atoms with Gasteiger partial charge < -0.3 is 15.8 Å². The van der Waals surface area contributed by atoms with Crippen molar-refractivity contribution in [1.29, 1.82) is 0 Å². The second-order valence-corrected chi connectivity index (χ2v) is 2.84. The van der Waals surface area contributed by atoms with E-state index in [1.165, 1.54) is 0 Å². The normalized spacial score (nSPS) is 10.0. The van der Waals surface area contributed by atoms with Gasteiger partial charge in [-0.25, -0.2) is 4.98 Å². The molecule has 5 heteroatoms. The Morgan fingerprint density at radius 2 is 2.46 bits per heavy atom. The van der Waals surface area contributed by atoms with Gasteiger partial charge in [0.2, 0.25) is 0 Å². The number of methoxy groups -OCH3 is 1. The summed E-state index contributed by atoms with van der Waals surface area (Å²) in [7, 11) is 1.64. The van der Waals surface area contributed by atoms with Gasteiger partial charge in [-0.05, 0) is 6.07 Å². The number of pyridine rings is 1. The number of rotatable bonds is 4. The third-order valence-corrected chi connectivity index (χ3v) is 1.86. The first-order valence-electron chi connectivity index (χ1n) is 3.88. The number of aromatic nitrogens is 1. The zero-order chi connectivity index (χ0) is 9.68. The van der Waals surface area contributed by atoms with Crippen LogP contribution in [0.1, 0.15) is 0 Å². The van der Waals surface area contributed by atoms with E-state index in [-0.39, 0.29) is 0 Å². The molecule has 0 fully saturated rings. The van der Waals surface area contributed by atoms with Gasteiger partial charge in [-0.1, -0.05) is 11.6 Å². The monoisotopic (exact) mass is 201 g/mol. The quantitative estimate of drug-likeness (QED) is 0.571. The molecule has 1 heterocycles. The molecule has 0 radical (unpaired) electrons. The molecule has 1 aromatic rings. The summed E-state index contributed by atoms with van der Waals surface area (Å²) in [5.41, 5.74) is 6.93. The summed E-state index contributed by atoms with van der Waals surface area (Å²) in [5.74, 6) is 0. The summed E-state index contributed by atoms with van der Waals surface area (Å²) in [6, 6.07) is 1.77. The van der Waals surface area contributed by atoms with Gasteiger partial charge in [0.1, 0.15) is 0 Å². The Hall–Kier alpha value is -1.00. The van der Waals surface area contributed by atoms with E-state index in [9.17, 15) is 0 Å². The predicted octanol–water partition coefficient (Wildman–Crippen LogP) is 1.38. The Morgan fingerprint density at radius 3 is 3.15 bits per heavy atom. The van der Waals surface area contributed by atoms with Crippen molar-refractivity contribution < 1.29 is 4.74 Å². The fraction of sp³-hybridized carbons (Fsp3) is 0.375. The zero-order valence-corrected chi connectivity index (χ0v) is 8.14. The van der Waals surface area contributed by atoms with Gasteiger partial charge >= 0.3 is 0 Å². The van der Waals surface area contributed by atoms with Gasteiger partial charge in [-0.2, -0.15) is 0 Å². The molecule has 0 atom stereocenters. The van der Waals surface area contributed by atoms with Crippen LogP contribution >= 0.6 is 11.6 Å². The smallest absolute Gasteiger partial charge is 0.153 e. The van der Waals surface area contributed by atoms with Crippen LogP contribution in [-0.2, 0) is 4.74 Å². The Kier molecular flexibility index (Phi) is 3.79. The number of anilines is 2. The van der Waals surface area contributed by atoms with Crippen LogP contribution in [0.5, 0.6) is 0 Å². The number of hydrogen-bond acceptors (Lipinski definition) is 4. The number of hydrogen-bond donors (Lipinski definition) is 2.